The Hall–Kier alpha value is -3.88. The molecule has 32 heavy (non-hydrogen) atoms. The topological polar surface area (TPSA) is 131 Å². The predicted octanol–water partition coefficient (Wildman–Crippen LogP) is 2.05. The number of alkyl carbamates (subject to hydrolysis) is 1. The molecular weight excluding hydrogens is 416 g/mol. The van der Waals surface area contributed by atoms with Crippen molar-refractivity contribution in [2.24, 2.45) is 0 Å². The number of benzene rings is 2. The number of hydrogen-bond acceptors (Lipinski definition) is 6. The molecule has 168 valence electrons. The minimum atomic E-state index is -1.23. The zero-order valence-electron chi connectivity index (χ0n) is 17.5. The lowest BCUT2D eigenvalue weighted by molar-refractivity contribution is -0.141. The number of aliphatic carboxylic acids is 1. The highest BCUT2D eigenvalue weighted by Gasteiger charge is 2.30. The summed E-state index contributed by atoms with van der Waals surface area (Å²) < 4.78 is 9.97. The van der Waals surface area contributed by atoms with Gasteiger partial charge in [0.05, 0.1) is 7.11 Å². The molecule has 0 aliphatic heterocycles. The second-order valence-corrected chi connectivity index (χ2v) is 7.25. The first-order valence-corrected chi connectivity index (χ1v) is 10.1. The Morgan fingerprint density at radius 3 is 2.16 bits per heavy atom. The van der Waals surface area contributed by atoms with Gasteiger partial charge in [0.15, 0.2) is 0 Å². The van der Waals surface area contributed by atoms with Crippen LogP contribution in [-0.4, -0.2) is 55.3 Å². The molecule has 1 aliphatic carbocycles. The lowest BCUT2D eigenvalue weighted by atomic mass is 9.98. The summed E-state index contributed by atoms with van der Waals surface area (Å²) in [6, 6.07) is 14.6. The van der Waals surface area contributed by atoms with Gasteiger partial charge in [-0.2, -0.15) is 0 Å². The highest BCUT2D eigenvalue weighted by molar-refractivity contribution is 5.88. The van der Waals surface area contributed by atoms with Crippen LogP contribution in [0.25, 0.3) is 11.1 Å². The Morgan fingerprint density at radius 2 is 1.59 bits per heavy atom. The zero-order chi connectivity index (χ0) is 23.1. The van der Waals surface area contributed by atoms with Crippen LogP contribution in [0.3, 0.4) is 0 Å². The van der Waals surface area contributed by atoms with Gasteiger partial charge in [0, 0.05) is 12.3 Å². The summed E-state index contributed by atoms with van der Waals surface area (Å²) in [5.74, 6) is -2.67. The molecule has 3 N–H and O–H groups in total. The van der Waals surface area contributed by atoms with Crippen molar-refractivity contribution in [3.8, 4) is 11.1 Å². The quantitative estimate of drug-likeness (QED) is 0.509. The average molecular weight is 440 g/mol. The number of carbonyl (C=O) groups excluding carboxylic acids is 3. The second-order valence-electron chi connectivity index (χ2n) is 7.25. The fourth-order valence-corrected chi connectivity index (χ4v) is 3.70. The number of carboxylic acid groups (broad SMARTS) is 1. The summed E-state index contributed by atoms with van der Waals surface area (Å²) in [4.78, 5) is 46.9. The molecule has 0 aromatic heterocycles. The number of amides is 2. The molecular formula is C23H24N2O7. The van der Waals surface area contributed by atoms with Crippen molar-refractivity contribution in [2.45, 2.75) is 24.8 Å². The third-order valence-electron chi connectivity index (χ3n) is 5.23. The Morgan fingerprint density at radius 1 is 1.00 bits per heavy atom. The number of esters is 1. The van der Waals surface area contributed by atoms with Crippen molar-refractivity contribution in [3.05, 3.63) is 59.7 Å². The summed E-state index contributed by atoms with van der Waals surface area (Å²) in [7, 11) is 1.21. The van der Waals surface area contributed by atoms with Gasteiger partial charge in [0.25, 0.3) is 0 Å². The van der Waals surface area contributed by atoms with Crippen molar-refractivity contribution in [1.82, 2.24) is 10.6 Å². The molecule has 0 heterocycles. The number of carbonyl (C=O) groups is 4. The summed E-state index contributed by atoms with van der Waals surface area (Å²) in [5, 5.41) is 13.4. The van der Waals surface area contributed by atoms with Crippen molar-refractivity contribution >= 4 is 23.9 Å². The number of ether oxygens (including phenoxy) is 2. The third-order valence-corrected chi connectivity index (χ3v) is 5.23. The van der Waals surface area contributed by atoms with E-state index < -0.39 is 36.5 Å². The van der Waals surface area contributed by atoms with Crippen LogP contribution < -0.4 is 10.6 Å². The van der Waals surface area contributed by atoms with Crippen LogP contribution in [0.15, 0.2) is 48.5 Å². The van der Waals surface area contributed by atoms with Gasteiger partial charge >= 0.3 is 18.0 Å². The Labute approximate surface area is 184 Å². The van der Waals surface area contributed by atoms with Crippen LogP contribution in [0.4, 0.5) is 4.79 Å². The lowest BCUT2D eigenvalue weighted by Crippen LogP contribution is -2.48. The molecule has 2 aromatic carbocycles. The number of nitrogens with one attached hydrogen (secondary N) is 2. The van der Waals surface area contributed by atoms with Gasteiger partial charge in [-0.25, -0.2) is 4.79 Å². The van der Waals surface area contributed by atoms with E-state index in [1.54, 1.807) is 0 Å². The molecule has 0 spiro atoms. The van der Waals surface area contributed by atoms with Gasteiger partial charge in [0.2, 0.25) is 5.91 Å². The number of carboxylic acids is 1. The standard InChI is InChI=1S/C23H24N2O7/c1-31-21(28)11-10-19(22(29)24-12-20(26)27)25-23(30)32-13-18-16-8-4-2-6-14(16)15-7-3-5-9-17(15)18/h2-9,18-19H,10-13H2,1H3,(H,24,29)(H,25,30)(H,26,27)/t19-/m0/s1. The monoisotopic (exact) mass is 440 g/mol. The summed E-state index contributed by atoms with van der Waals surface area (Å²) in [6.07, 6.45) is -1.04. The van der Waals surface area contributed by atoms with Crippen molar-refractivity contribution < 1.29 is 33.8 Å². The average Bonchev–Trinajstić information content (AvgIpc) is 3.12. The maximum atomic E-state index is 12.4. The molecule has 1 atom stereocenters. The zero-order valence-corrected chi connectivity index (χ0v) is 17.5. The number of hydrogen-bond donors (Lipinski definition) is 3. The number of rotatable bonds is 9. The smallest absolute Gasteiger partial charge is 0.407 e. The van der Waals surface area contributed by atoms with E-state index in [1.165, 1.54) is 7.11 Å². The molecule has 0 saturated carbocycles. The van der Waals surface area contributed by atoms with Crippen molar-refractivity contribution in [2.75, 3.05) is 20.3 Å². The third kappa shape index (κ3) is 5.42. The van der Waals surface area contributed by atoms with E-state index in [1.807, 2.05) is 48.5 Å². The molecule has 0 fully saturated rings. The van der Waals surface area contributed by atoms with Crippen LogP contribution in [0.5, 0.6) is 0 Å². The van der Waals surface area contributed by atoms with E-state index in [0.29, 0.717) is 0 Å². The van der Waals surface area contributed by atoms with Crippen LogP contribution in [-0.2, 0) is 23.9 Å². The predicted molar refractivity (Wildman–Crippen MR) is 114 cm³/mol. The molecule has 0 saturated heterocycles. The van der Waals surface area contributed by atoms with Gasteiger partial charge in [-0.3, -0.25) is 14.4 Å². The molecule has 2 amide bonds. The Bertz CT molecular complexity index is 975. The van der Waals surface area contributed by atoms with E-state index in [-0.39, 0.29) is 25.4 Å². The van der Waals surface area contributed by atoms with Gasteiger partial charge in [-0.1, -0.05) is 48.5 Å². The fraction of sp³-hybridized carbons (Fsp3) is 0.304. The summed E-state index contributed by atoms with van der Waals surface area (Å²) >= 11 is 0. The molecule has 9 heteroatoms. The summed E-state index contributed by atoms with van der Waals surface area (Å²) in [5.41, 5.74) is 4.26. The van der Waals surface area contributed by atoms with E-state index in [4.69, 9.17) is 9.84 Å². The van der Waals surface area contributed by atoms with Crippen molar-refractivity contribution in [1.29, 1.82) is 0 Å². The maximum Gasteiger partial charge on any atom is 0.407 e. The molecule has 0 radical (unpaired) electrons. The molecule has 0 unspecified atom stereocenters. The molecule has 9 nitrogen and oxygen atoms in total. The molecule has 1 aliphatic rings. The highest BCUT2D eigenvalue weighted by Crippen LogP contribution is 2.44. The second kappa shape index (κ2) is 10.4. The first-order chi connectivity index (χ1) is 15.4. The number of methoxy groups -OCH3 is 1. The molecule has 0 bridgehead atoms. The molecule has 3 rings (SSSR count). The normalized spacial score (nSPS) is 12.8. The first kappa shape index (κ1) is 22.8. The maximum absolute atomic E-state index is 12.4. The van der Waals surface area contributed by atoms with Gasteiger partial charge in [-0.05, 0) is 28.7 Å². The summed E-state index contributed by atoms with van der Waals surface area (Å²) in [6.45, 7) is -0.555. The van der Waals surface area contributed by atoms with E-state index in [9.17, 15) is 19.2 Å². The van der Waals surface area contributed by atoms with Crippen LogP contribution >= 0.6 is 0 Å². The van der Waals surface area contributed by atoms with Crippen LogP contribution in [0.1, 0.15) is 29.9 Å². The van der Waals surface area contributed by atoms with Gasteiger partial charge in [0.1, 0.15) is 19.2 Å². The Kier molecular flexibility index (Phi) is 7.43. The molecule has 2 aromatic rings. The van der Waals surface area contributed by atoms with Crippen LogP contribution in [0, 0.1) is 0 Å². The minimum absolute atomic E-state index is 0.0559. The first-order valence-electron chi connectivity index (χ1n) is 10.1. The van der Waals surface area contributed by atoms with E-state index in [2.05, 4.69) is 15.4 Å². The fourth-order valence-electron chi connectivity index (χ4n) is 3.70. The number of fused-ring (bicyclic) bond motifs is 3. The highest BCUT2D eigenvalue weighted by atomic mass is 16.5. The van der Waals surface area contributed by atoms with Crippen molar-refractivity contribution in [3.63, 3.8) is 0 Å². The van der Waals surface area contributed by atoms with Gasteiger partial charge < -0.3 is 25.2 Å². The minimum Gasteiger partial charge on any atom is -0.480 e. The Balaban J connectivity index is 1.65. The lowest BCUT2D eigenvalue weighted by Gasteiger charge is -2.19. The van der Waals surface area contributed by atoms with Crippen LogP contribution in [0.2, 0.25) is 0 Å². The SMILES string of the molecule is COC(=O)CC[C@H](NC(=O)OCC1c2ccccc2-c2ccccc21)C(=O)NCC(=O)O. The van der Waals surface area contributed by atoms with Gasteiger partial charge in [-0.15, -0.1) is 0 Å². The largest absolute Gasteiger partial charge is 0.480 e. The van der Waals surface area contributed by atoms with E-state index in [0.717, 1.165) is 22.3 Å². The van der Waals surface area contributed by atoms with E-state index >= 15 is 0 Å².